The number of piperidine rings is 1. The Hall–Kier alpha value is -0.610. The Morgan fingerprint density at radius 2 is 2.00 bits per heavy atom. The van der Waals surface area contributed by atoms with Gasteiger partial charge in [-0.25, -0.2) is 0 Å². The van der Waals surface area contributed by atoms with Gasteiger partial charge in [-0.3, -0.25) is 9.69 Å². The quantitative estimate of drug-likeness (QED) is 0.733. The van der Waals surface area contributed by atoms with E-state index < -0.39 is 0 Å². The topological polar surface area (TPSA) is 41.6 Å². The molecule has 21 heavy (non-hydrogen) atoms. The van der Waals surface area contributed by atoms with E-state index in [4.69, 9.17) is 4.74 Å². The minimum Gasteiger partial charge on any atom is -0.465 e. The molecular formula is C17H32N2O2. The van der Waals surface area contributed by atoms with Gasteiger partial charge in [0.25, 0.3) is 0 Å². The van der Waals surface area contributed by atoms with Crippen LogP contribution in [-0.2, 0) is 9.53 Å². The molecule has 2 aliphatic rings. The normalized spacial score (nSPS) is 27.9. The summed E-state index contributed by atoms with van der Waals surface area (Å²) in [7, 11) is 0. The van der Waals surface area contributed by atoms with E-state index in [1.54, 1.807) is 0 Å². The van der Waals surface area contributed by atoms with Crippen molar-refractivity contribution in [2.75, 3.05) is 26.2 Å². The summed E-state index contributed by atoms with van der Waals surface area (Å²) in [6.45, 7) is 7.33. The maximum Gasteiger partial charge on any atom is 0.324 e. The van der Waals surface area contributed by atoms with Crippen LogP contribution in [0, 0.1) is 5.92 Å². The number of esters is 1. The molecule has 4 heteroatoms. The van der Waals surface area contributed by atoms with Gasteiger partial charge in [0.15, 0.2) is 0 Å². The number of carbonyl (C=O) groups excluding carboxylic acids is 1. The Morgan fingerprint density at radius 3 is 2.76 bits per heavy atom. The van der Waals surface area contributed by atoms with Crippen LogP contribution in [0.1, 0.15) is 58.8 Å². The van der Waals surface area contributed by atoms with Gasteiger partial charge in [0, 0.05) is 12.6 Å². The summed E-state index contributed by atoms with van der Waals surface area (Å²) in [4.78, 5) is 14.7. The molecule has 2 fully saturated rings. The van der Waals surface area contributed by atoms with Crippen LogP contribution in [-0.4, -0.2) is 49.2 Å². The highest BCUT2D eigenvalue weighted by molar-refractivity contribution is 5.76. The number of ether oxygens (including phenoxy) is 1. The lowest BCUT2D eigenvalue weighted by molar-refractivity contribution is -0.146. The lowest BCUT2D eigenvalue weighted by Crippen LogP contribution is -2.54. The first kappa shape index (κ1) is 16.8. The van der Waals surface area contributed by atoms with Gasteiger partial charge >= 0.3 is 5.97 Å². The van der Waals surface area contributed by atoms with Gasteiger partial charge in [-0.15, -0.1) is 0 Å². The van der Waals surface area contributed by atoms with Gasteiger partial charge in [-0.05, 0) is 58.0 Å². The fourth-order valence-electron chi connectivity index (χ4n) is 3.97. The number of carbonyl (C=O) groups is 1. The van der Waals surface area contributed by atoms with Gasteiger partial charge in [0.1, 0.15) is 6.04 Å². The van der Waals surface area contributed by atoms with Crippen molar-refractivity contribution in [1.82, 2.24) is 10.2 Å². The van der Waals surface area contributed by atoms with E-state index in [2.05, 4.69) is 17.1 Å². The molecule has 1 saturated heterocycles. The number of fused-ring (bicyclic) bond motifs is 1. The van der Waals surface area contributed by atoms with Crippen molar-refractivity contribution in [2.45, 2.75) is 70.9 Å². The lowest BCUT2D eigenvalue weighted by atomic mass is 9.78. The van der Waals surface area contributed by atoms with Crippen molar-refractivity contribution >= 4 is 5.97 Å². The van der Waals surface area contributed by atoms with Crippen molar-refractivity contribution in [3.63, 3.8) is 0 Å². The number of nitrogens with zero attached hydrogens (tertiary/aromatic N) is 1. The Morgan fingerprint density at radius 1 is 1.24 bits per heavy atom. The molecule has 122 valence electrons. The summed E-state index contributed by atoms with van der Waals surface area (Å²) in [6, 6.07) is 0.540. The largest absolute Gasteiger partial charge is 0.465 e. The Balaban J connectivity index is 1.94. The first-order valence-electron chi connectivity index (χ1n) is 8.90. The zero-order valence-corrected chi connectivity index (χ0v) is 13.8. The van der Waals surface area contributed by atoms with E-state index in [0.717, 1.165) is 32.0 Å². The number of likely N-dealkylation sites (tertiary alicyclic amines) is 1. The summed E-state index contributed by atoms with van der Waals surface area (Å²) >= 11 is 0. The van der Waals surface area contributed by atoms with Crippen molar-refractivity contribution in [3.8, 4) is 0 Å². The van der Waals surface area contributed by atoms with Crippen LogP contribution in [0.4, 0.5) is 0 Å². The van der Waals surface area contributed by atoms with Crippen LogP contribution in [0.3, 0.4) is 0 Å². The smallest absolute Gasteiger partial charge is 0.324 e. The molecule has 0 bridgehead atoms. The van der Waals surface area contributed by atoms with E-state index in [0.29, 0.717) is 12.6 Å². The molecule has 3 atom stereocenters. The molecule has 0 aromatic heterocycles. The Bertz CT molecular complexity index is 320. The van der Waals surface area contributed by atoms with Gasteiger partial charge in [-0.2, -0.15) is 0 Å². The van der Waals surface area contributed by atoms with Crippen molar-refractivity contribution in [2.24, 2.45) is 5.92 Å². The SMILES string of the molecule is CCCNC(CN1CCCC2CCCCC21)C(=O)OCC. The Labute approximate surface area is 129 Å². The lowest BCUT2D eigenvalue weighted by Gasteiger charge is -2.45. The monoisotopic (exact) mass is 296 g/mol. The molecule has 1 aliphatic heterocycles. The van der Waals surface area contributed by atoms with Gasteiger partial charge in [0.2, 0.25) is 0 Å². The highest BCUT2D eigenvalue weighted by Gasteiger charge is 2.35. The molecule has 4 nitrogen and oxygen atoms in total. The molecule has 0 amide bonds. The standard InChI is InChI=1S/C17H32N2O2/c1-3-11-18-15(17(20)21-4-2)13-19-12-7-9-14-8-5-6-10-16(14)19/h14-16,18H,3-13H2,1-2H3. The molecule has 1 heterocycles. The third kappa shape index (κ3) is 4.68. The first-order valence-corrected chi connectivity index (χ1v) is 8.90. The summed E-state index contributed by atoms with van der Waals surface area (Å²) in [5.74, 6) is 0.783. The third-order valence-electron chi connectivity index (χ3n) is 4.99. The predicted molar refractivity (Wildman–Crippen MR) is 85.3 cm³/mol. The molecule has 0 radical (unpaired) electrons. The zero-order valence-electron chi connectivity index (χ0n) is 13.8. The zero-order chi connectivity index (χ0) is 15.1. The summed E-state index contributed by atoms with van der Waals surface area (Å²) in [6.07, 6.45) is 9.15. The molecule has 1 aliphatic carbocycles. The van der Waals surface area contributed by atoms with Crippen molar-refractivity contribution in [3.05, 3.63) is 0 Å². The minimum absolute atomic E-state index is 0.0797. The van der Waals surface area contributed by atoms with E-state index in [-0.39, 0.29) is 12.0 Å². The van der Waals surface area contributed by atoms with Crippen LogP contribution in [0.25, 0.3) is 0 Å². The first-order chi connectivity index (χ1) is 10.3. The van der Waals surface area contributed by atoms with Gasteiger partial charge in [-0.1, -0.05) is 19.8 Å². The predicted octanol–water partition coefficient (Wildman–Crippen LogP) is 2.57. The second kappa shape index (κ2) is 8.74. The molecule has 1 saturated carbocycles. The van der Waals surface area contributed by atoms with Crippen molar-refractivity contribution < 1.29 is 9.53 Å². The number of rotatable bonds is 7. The average Bonchev–Trinajstić information content (AvgIpc) is 2.51. The van der Waals surface area contributed by atoms with E-state index in [9.17, 15) is 4.79 Å². The maximum absolute atomic E-state index is 12.2. The van der Waals surface area contributed by atoms with E-state index in [1.807, 2.05) is 6.92 Å². The molecule has 0 aromatic rings. The van der Waals surface area contributed by atoms with Crippen LogP contribution < -0.4 is 5.32 Å². The molecule has 1 N–H and O–H groups in total. The number of nitrogens with one attached hydrogen (secondary N) is 1. The highest BCUT2D eigenvalue weighted by atomic mass is 16.5. The minimum atomic E-state index is -0.162. The number of hydrogen-bond donors (Lipinski definition) is 1. The molecule has 0 aromatic carbocycles. The second-order valence-corrected chi connectivity index (χ2v) is 6.51. The van der Waals surface area contributed by atoms with Crippen molar-refractivity contribution in [1.29, 1.82) is 0 Å². The summed E-state index contributed by atoms with van der Waals surface area (Å²) < 4.78 is 5.25. The summed E-state index contributed by atoms with van der Waals surface area (Å²) in [5, 5.41) is 3.38. The molecular weight excluding hydrogens is 264 g/mol. The molecule has 3 unspecified atom stereocenters. The van der Waals surface area contributed by atoms with Crippen LogP contribution >= 0.6 is 0 Å². The second-order valence-electron chi connectivity index (χ2n) is 6.51. The fraction of sp³-hybridized carbons (Fsp3) is 0.941. The van der Waals surface area contributed by atoms with E-state index >= 15 is 0 Å². The molecule has 0 spiro atoms. The van der Waals surface area contributed by atoms with Gasteiger partial charge < -0.3 is 10.1 Å². The summed E-state index contributed by atoms with van der Waals surface area (Å²) in [5.41, 5.74) is 0. The Kier molecular flexibility index (Phi) is 6.97. The maximum atomic E-state index is 12.2. The number of hydrogen-bond acceptors (Lipinski definition) is 4. The van der Waals surface area contributed by atoms with E-state index in [1.165, 1.54) is 38.5 Å². The van der Waals surface area contributed by atoms with Crippen LogP contribution in [0.2, 0.25) is 0 Å². The van der Waals surface area contributed by atoms with Crippen LogP contribution in [0.5, 0.6) is 0 Å². The third-order valence-corrected chi connectivity index (χ3v) is 4.99. The fourth-order valence-corrected chi connectivity index (χ4v) is 3.97. The average molecular weight is 296 g/mol. The highest BCUT2D eigenvalue weighted by Crippen LogP contribution is 2.35. The molecule has 2 rings (SSSR count). The van der Waals surface area contributed by atoms with Crippen LogP contribution in [0.15, 0.2) is 0 Å². The van der Waals surface area contributed by atoms with Gasteiger partial charge in [0.05, 0.1) is 6.61 Å².